The van der Waals surface area contributed by atoms with E-state index in [4.69, 9.17) is 19.6 Å². The van der Waals surface area contributed by atoms with E-state index in [0.29, 0.717) is 56.3 Å². The molecule has 0 aromatic carbocycles. The van der Waals surface area contributed by atoms with Gasteiger partial charge in [-0.2, -0.15) is 9.61 Å². The van der Waals surface area contributed by atoms with Crippen LogP contribution in [0.25, 0.3) is 5.65 Å². The molecule has 4 heterocycles. The number of amides is 2. The molecule has 39 heavy (non-hydrogen) atoms. The Balaban J connectivity index is 1.10. The van der Waals surface area contributed by atoms with E-state index in [1.54, 1.807) is 4.90 Å². The van der Waals surface area contributed by atoms with Crippen molar-refractivity contribution in [3.8, 4) is 0 Å². The average molecular weight is 539 g/mol. The molecule has 10 heteroatoms. The number of hydrogen-bond donors (Lipinski definition) is 1. The first-order valence-corrected chi connectivity index (χ1v) is 14.6. The zero-order chi connectivity index (χ0) is 27.5. The van der Waals surface area contributed by atoms with E-state index < -0.39 is 5.60 Å². The fourth-order valence-corrected chi connectivity index (χ4v) is 6.41. The number of nitrogens with zero attached hydrogens (tertiary/aromatic N) is 5. The number of anilines is 1. The van der Waals surface area contributed by atoms with Gasteiger partial charge in [-0.05, 0) is 64.2 Å². The number of carbonyl (C=O) groups excluding carboxylic acids is 2. The Morgan fingerprint density at radius 3 is 2.36 bits per heavy atom. The van der Waals surface area contributed by atoms with E-state index in [2.05, 4.69) is 25.2 Å². The number of fused-ring (bicyclic) bond motifs is 3. The number of carbonyl (C=O) groups is 2. The average Bonchev–Trinajstić information content (AvgIpc) is 3.38. The van der Waals surface area contributed by atoms with Gasteiger partial charge in [0.05, 0.1) is 12.7 Å². The van der Waals surface area contributed by atoms with Gasteiger partial charge in [0.2, 0.25) is 0 Å². The molecule has 2 amide bonds. The van der Waals surface area contributed by atoms with Crippen LogP contribution < -0.4 is 5.32 Å². The van der Waals surface area contributed by atoms with Crippen molar-refractivity contribution in [3.05, 3.63) is 23.5 Å². The summed E-state index contributed by atoms with van der Waals surface area (Å²) in [5, 5.41) is 8.56. The summed E-state index contributed by atoms with van der Waals surface area (Å²) in [4.78, 5) is 34.0. The highest BCUT2D eigenvalue weighted by Crippen LogP contribution is 2.42. The smallest absolute Gasteiger partial charge is 0.410 e. The molecule has 3 atom stereocenters. The number of likely N-dealkylation sites (tertiary alicyclic amines) is 2. The Labute approximate surface area is 230 Å². The standard InChI is InChI=1S/C29H42N6O4/c1-17(2)22-13-30-35-24(12-23(18-6-7-18)31-26(22)35)32-25-19-8-9-20(25)15-34(14-19)27(36)38-21-10-11-33(16-21)28(37)39-29(3,4)5/h12-13,17-21,25,32H,6-11,14-16H2,1-5H3. The van der Waals surface area contributed by atoms with Gasteiger partial charge >= 0.3 is 12.2 Å². The van der Waals surface area contributed by atoms with Gasteiger partial charge in [-0.25, -0.2) is 14.6 Å². The van der Waals surface area contributed by atoms with Crippen LogP contribution in [-0.4, -0.2) is 80.5 Å². The summed E-state index contributed by atoms with van der Waals surface area (Å²) in [7, 11) is 0. The summed E-state index contributed by atoms with van der Waals surface area (Å²) in [6.45, 7) is 12.2. The quantitative estimate of drug-likeness (QED) is 0.572. The van der Waals surface area contributed by atoms with Crippen molar-refractivity contribution in [2.24, 2.45) is 11.8 Å². The van der Waals surface area contributed by atoms with Gasteiger partial charge in [0.25, 0.3) is 0 Å². The first-order chi connectivity index (χ1) is 18.6. The van der Waals surface area contributed by atoms with Gasteiger partial charge in [-0.1, -0.05) is 13.8 Å². The van der Waals surface area contributed by atoms with Crippen LogP contribution in [0.15, 0.2) is 12.3 Å². The third-order valence-electron chi connectivity index (χ3n) is 8.61. The van der Waals surface area contributed by atoms with Crippen LogP contribution in [0.5, 0.6) is 0 Å². The number of aromatic nitrogens is 3. The van der Waals surface area contributed by atoms with Gasteiger partial charge in [0.15, 0.2) is 5.65 Å². The van der Waals surface area contributed by atoms with Crippen molar-refractivity contribution in [1.29, 1.82) is 0 Å². The van der Waals surface area contributed by atoms with Gasteiger partial charge in [0, 0.05) is 55.3 Å². The van der Waals surface area contributed by atoms with Crippen LogP contribution in [0.2, 0.25) is 0 Å². The summed E-state index contributed by atoms with van der Waals surface area (Å²) in [5.41, 5.74) is 2.76. The van der Waals surface area contributed by atoms with Crippen LogP contribution >= 0.6 is 0 Å². The monoisotopic (exact) mass is 538 g/mol. The van der Waals surface area contributed by atoms with Gasteiger partial charge in [-0.15, -0.1) is 0 Å². The normalized spacial score (nSPS) is 26.9. The fourth-order valence-electron chi connectivity index (χ4n) is 6.41. The van der Waals surface area contributed by atoms with Gasteiger partial charge in [0.1, 0.15) is 17.5 Å². The largest absolute Gasteiger partial charge is 0.444 e. The van der Waals surface area contributed by atoms with Gasteiger partial charge in [-0.3, -0.25) is 0 Å². The van der Waals surface area contributed by atoms with Gasteiger partial charge < -0.3 is 24.6 Å². The second-order valence-corrected chi connectivity index (χ2v) is 13.2. The molecule has 2 saturated heterocycles. The Hall–Kier alpha value is -3.04. The molecule has 3 unspecified atom stereocenters. The van der Waals surface area contributed by atoms with Crippen molar-refractivity contribution in [1.82, 2.24) is 24.4 Å². The number of rotatable bonds is 5. The molecule has 2 aliphatic carbocycles. The Kier molecular flexibility index (Phi) is 6.62. The molecule has 1 N–H and O–H groups in total. The van der Waals surface area contributed by atoms with E-state index in [9.17, 15) is 9.59 Å². The summed E-state index contributed by atoms with van der Waals surface area (Å²) >= 11 is 0. The zero-order valence-electron chi connectivity index (χ0n) is 23.9. The van der Waals surface area contributed by atoms with E-state index in [1.807, 2.05) is 36.4 Å². The van der Waals surface area contributed by atoms with Crippen molar-refractivity contribution in [2.45, 2.75) is 96.3 Å². The predicted octanol–water partition coefficient (Wildman–Crippen LogP) is 5.00. The lowest BCUT2D eigenvalue weighted by molar-refractivity contribution is 0.0223. The molecule has 2 saturated carbocycles. The van der Waals surface area contributed by atoms with Crippen molar-refractivity contribution >= 4 is 23.7 Å². The predicted molar refractivity (Wildman–Crippen MR) is 147 cm³/mol. The molecule has 2 aliphatic heterocycles. The lowest BCUT2D eigenvalue weighted by Gasteiger charge is -2.38. The minimum absolute atomic E-state index is 0.266. The third-order valence-corrected chi connectivity index (χ3v) is 8.61. The molecule has 4 aliphatic rings. The highest BCUT2D eigenvalue weighted by molar-refractivity contribution is 5.70. The Bertz CT molecular complexity index is 1230. The third kappa shape index (κ3) is 5.39. The molecule has 2 aromatic rings. The first-order valence-electron chi connectivity index (χ1n) is 14.6. The molecule has 212 valence electrons. The van der Waals surface area contributed by atoms with Crippen LogP contribution in [0.1, 0.15) is 89.8 Å². The van der Waals surface area contributed by atoms with E-state index in [1.165, 1.54) is 18.4 Å². The summed E-state index contributed by atoms with van der Waals surface area (Å²) < 4.78 is 13.3. The van der Waals surface area contributed by atoms with E-state index >= 15 is 0 Å². The maximum absolute atomic E-state index is 13.1. The van der Waals surface area contributed by atoms with Crippen molar-refractivity contribution in [2.75, 3.05) is 31.5 Å². The lowest BCUT2D eigenvalue weighted by atomic mass is 9.92. The van der Waals surface area contributed by atoms with Crippen LogP contribution in [0.4, 0.5) is 15.4 Å². The van der Waals surface area contributed by atoms with Crippen LogP contribution in [-0.2, 0) is 9.47 Å². The van der Waals surface area contributed by atoms with Crippen LogP contribution in [0.3, 0.4) is 0 Å². The van der Waals surface area contributed by atoms with Crippen molar-refractivity contribution in [3.63, 3.8) is 0 Å². The molecular formula is C29H42N6O4. The lowest BCUT2D eigenvalue weighted by Crippen LogP contribution is -2.51. The number of nitrogens with one attached hydrogen (secondary N) is 1. The zero-order valence-corrected chi connectivity index (χ0v) is 23.9. The number of piperidine rings is 1. The Morgan fingerprint density at radius 2 is 1.72 bits per heavy atom. The number of ether oxygens (including phenoxy) is 2. The van der Waals surface area contributed by atoms with E-state index in [-0.39, 0.29) is 24.3 Å². The van der Waals surface area contributed by atoms with Crippen LogP contribution in [0, 0.1) is 11.8 Å². The molecular weight excluding hydrogens is 496 g/mol. The molecule has 4 fully saturated rings. The second kappa shape index (κ2) is 9.86. The van der Waals surface area contributed by atoms with E-state index in [0.717, 1.165) is 30.0 Å². The maximum atomic E-state index is 13.1. The molecule has 2 bridgehead atoms. The SMILES string of the molecule is CC(C)c1cnn2c(NC3C4CCC3CN(C(=O)OC3CCN(C(=O)OC(C)(C)C)C3)C4)cc(C3CC3)nc12. The Morgan fingerprint density at radius 1 is 1.00 bits per heavy atom. The summed E-state index contributed by atoms with van der Waals surface area (Å²) in [6, 6.07) is 2.48. The topological polar surface area (TPSA) is 101 Å². The fraction of sp³-hybridized carbons (Fsp3) is 0.724. The minimum atomic E-state index is -0.543. The molecule has 6 rings (SSSR count). The number of hydrogen-bond acceptors (Lipinski definition) is 7. The first kappa shape index (κ1) is 26.2. The van der Waals surface area contributed by atoms with Crippen molar-refractivity contribution < 1.29 is 19.1 Å². The maximum Gasteiger partial charge on any atom is 0.410 e. The molecule has 2 aromatic heterocycles. The molecule has 0 radical (unpaired) electrons. The summed E-state index contributed by atoms with van der Waals surface area (Å²) in [6.07, 6.45) is 6.26. The highest BCUT2D eigenvalue weighted by atomic mass is 16.6. The second-order valence-electron chi connectivity index (χ2n) is 13.2. The molecule has 0 spiro atoms. The molecule has 10 nitrogen and oxygen atoms in total. The minimum Gasteiger partial charge on any atom is -0.444 e. The highest BCUT2D eigenvalue weighted by Gasteiger charge is 2.45. The summed E-state index contributed by atoms with van der Waals surface area (Å²) in [5.74, 6) is 2.64.